The predicted molar refractivity (Wildman–Crippen MR) is 102 cm³/mol. The van der Waals surface area contributed by atoms with Crippen molar-refractivity contribution in [2.75, 3.05) is 0 Å². The van der Waals surface area contributed by atoms with Gasteiger partial charge in [-0.2, -0.15) is 4.31 Å². The van der Waals surface area contributed by atoms with Gasteiger partial charge in [-0.3, -0.25) is 0 Å². The van der Waals surface area contributed by atoms with E-state index in [1.54, 1.807) is 12.1 Å². The van der Waals surface area contributed by atoms with Gasteiger partial charge >= 0.3 is 6.09 Å². The van der Waals surface area contributed by atoms with Gasteiger partial charge in [-0.15, -0.1) is 6.58 Å². The molecule has 1 saturated heterocycles. The molecule has 0 saturated carbocycles. The summed E-state index contributed by atoms with van der Waals surface area (Å²) in [5, 5.41) is 0. The third-order valence-corrected chi connectivity index (χ3v) is 6.81. The number of carbonyl (C=O) groups excluding carboxylic acids is 1. The van der Waals surface area contributed by atoms with Crippen molar-refractivity contribution in [2.24, 2.45) is 0 Å². The maximum Gasteiger partial charge on any atom is 0.425 e. The Bertz CT molecular complexity index is 940. The zero-order chi connectivity index (χ0) is 18.9. The molecule has 1 aliphatic heterocycles. The number of sulfonamides is 1. The van der Waals surface area contributed by atoms with Gasteiger partial charge in [-0.25, -0.2) is 13.2 Å². The first-order valence-electron chi connectivity index (χ1n) is 8.03. The van der Waals surface area contributed by atoms with Crippen LogP contribution in [-0.2, 0) is 14.8 Å². The van der Waals surface area contributed by atoms with Crippen LogP contribution in [0.2, 0.25) is 0 Å². The summed E-state index contributed by atoms with van der Waals surface area (Å²) in [6.45, 7) is 5.58. The fourth-order valence-electron chi connectivity index (χ4n) is 2.89. The van der Waals surface area contributed by atoms with Gasteiger partial charge in [-0.1, -0.05) is 57.9 Å². The first kappa shape index (κ1) is 18.7. The second-order valence-electron chi connectivity index (χ2n) is 6.05. The summed E-state index contributed by atoms with van der Waals surface area (Å²) >= 11 is 3.44. The summed E-state index contributed by atoms with van der Waals surface area (Å²) in [4.78, 5) is 12.7. The molecule has 2 atom stereocenters. The number of rotatable bonds is 4. The van der Waals surface area contributed by atoms with E-state index in [4.69, 9.17) is 4.74 Å². The topological polar surface area (TPSA) is 63.7 Å². The number of nitrogens with zero attached hydrogens (tertiary/aromatic N) is 1. The fourth-order valence-corrected chi connectivity index (χ4v) is 4.91. The Hall–Kier alpha value is -2.12. The number of cyclic esters (lactones) is 1. The molecule has 1 amide bonds. The van der Waals surface area contributed by atoms with E-state index in [2.05, 4.69) is 22.5 Å². The van der Waals surface area contributed by atoms with Crippen LogP contribution >= 0.6 is 15.9 Å². The van der Waals surface area contributed by atoms with Crippen molar-refractivity contribution < 1.29 is 17.9 Å². The minimum atomic E-state index is -4.03. The van der Waals surface area contributed by atoms with E-state index >= 15 is 0 Å². The highest BCUT2D eigenvalue weighted by molar-refractivity contribution is 9.10. The number of aryl methyl sites for hydroxylation is 1. The molecule has 0 radical (unpaired) electrons. The molecule has 2 aromatic rings. The number of hydrogen-bond donors (Lipinski definition) is 0. The number of carbonyl (C=O) groups is 1. The van der Waals surface area contributed by atoms with Crippen molar-refractivity contribution in [2.45, 2.75) is 30.4 Å². The Morgan fingerprint density at radius 3 is 2.46 bits per heavy atom. The zero-order valence-electron chi connectivity index (χ0n) is 14.1. The lowest BCUT2D eigenvalue weighted by Gasteiger charge is -2.36. The lowest BCUT2D eigenvalue weighted by molar-refractivity contribution is 0.0351. The smallest absolute Gasteiger partial charge is 0.425 e. The Labute approximate surface area is 161 Å². The number of ether oxygens (including phenoxy) is 1. The van der Waals surface area contributed by atoms with Crippen LogP contribution in [0.15, 0.2) is 70.6 Å². The van der Waals surface area contributed by atoms with Gasteiger partial charge in [0, 0.05) is 16.5 Å². The summed E-state index contributed by atoms with van der Waals surface area (Å²) in [5.74, 6) is 0. The van der Waals surface area contributed by atoms with E-state index in [0.717, 1.165) is 19.9 Å². The lowest BCUT2D eigenvalue weighted by atomic mass is 10.0. The summed E-state index contributed by atoms with van der Waals surface area (Å²) in [5.41, 5.74) is 1.72. The Morgan fingerprint density at radius 1 is 1.19 bits per heavy atom. The molecule has 1 fully saturated rings. The molecule has 0 unspecified atom stereocenters. The lowest BCUT2D eigenvalue weighted by Crippen LogP contribution is -2.48. The maximum absolute atomic E-state index is 13.0. The number of amides is 1. The van der Waals surface area contributed by atoms with Gasteiger partial charge in [0.05, 0.1) is 10.9 Å². The van der Waals surface area contributed by atoms with Crippen LogP contribution in [0.25, 0.3) is 0 Å². The summed E-state index contributed by atoms with van der Waals surface area (Å²) in [6.07, 6.45) is 0.312. The zero-order valence-corrected chi connectivity index (χ0v) is 16.5. The third-order valence-electron chi connectivity index (χ3n) is 4.28. The van der Waals surface area contributed by atoms with Crippen molar-refractivity contribution in [1.82, 2.24) is 4.31 Å². The molecular weight excluding hydrogens is 418 g/mol. The molecule has 7 heteroatoms. The second kappa shape index (κ2) is 7.25. The van der Waals surface area contributed by atoms with Gasteiger partial charge in [-0.05, 0) is 25.1 Å². The summed E-state index contributed by atoms with van der Waals surface area (Å²) in [6, 6.07) is 13.0. The van der Waals surface area contributed by atoms with E-state index in [0.29, 0.717) is 6.42 Å². The highest BCUT2D eigenvalue weighted by Crippen LogP contribution is 2.37. The monoisotopic (exact) mass is 435 g/mol. The first-order valence-corrected chi connectivity index (χ1v) is 10.3. The van der Waals surface area contributed by atoms with Crippen LogP contribution in [0.1, 0.15) is 23.7 Å². The fraction of sp³-hybridized carbons (Fsp3) is 0.211. The molecule has 0 N–H and O–H groups in total. The average Bonchev–Trinajstić information content (AvgIpc) is 2.61. The highest BCUT2D eigenvalue weighted by Gasteiger charge is 2.42. The van der Waals surface area contributed by atoms with E-state index in [1.807, 2.05) is 31.2 Å². The average molecular weight is 436 g/mol. The molecule has 2 aromatic carbocycles. The minimum Gasteiger partial charge on any atom is -0.440 e. The Kier molecular flexibility index (Phi) is 5.20. The molecule has 0 bridgehead atoms. The number of benzene rings is 2. The third kappa shape index (κ3) is 3.41. The molecular formula is C19H18BrNO4S. The summed E-state index contributed by atoms with van der Waals surface area (Å²) in [7, 11) is -4.03. The molecule has 0 aliphatic carbocycles. The van der Waals surface area contributed by atoms with E-state index in [-0.39, 0.29) is 4.90 Å². The second-order valence-corrected chi connectivity index (χ2v) is 8.72. The quantitative estimate of drug-likeness (QED) is 0.658. The van der Waals surface area contributed by atoms with Gasteiger partial charge in [0.1, 0.15) is 6.10 Å². The normalized spacial score (nSPS) is 20.5. The van der Waals surface area contributed by atoms with Crippen molar-refractivity contribution in [1.29, 1.82) is 0 Å². The van der Waals surface area contributed by atoms with E-state index in [1.165, 1.54) is 18.2 Å². The molecule has 0 aromatic heterocycles. The first-order chi connectivity index (χ1) is 12.3. The predicted octanol–water partition coefficient (Wildman–Crippen LogP) is 4.58. The van der Waals surface area contributed by atoms with Crippen LogP contribution in [0, 0.1) is 6.92 Å². The molecule has 1 aliphatic rings. The van der Waals surface area contributed by atoms with Crippen LogP contribution in [0.4, 0.5) is 4.79 Å². The number of hydrogen-bond acceptors (Lipinski definition) is 4. The van der Waals surface area contributed by atoms with Gasteiger partial charge in [0.25, 0.3) is 10.0 Å². The van der Waals surface area contributed by atoms with E-state index < -0.39 is 28.3 Å². The number of halogens is 1. The largest absolute Gasteiger partial charge is 0.440 e. The molecule has 5 nitrogen and oxygen atoms in total. The molecule has 0 spiro atoms. The molecule has 1 heterocycles. The highest BCUT2D eigenvalue weighted by atomic mass is 79.9. The molecule has 3 rings (SSSR count). The SMILES string of the molecule is C=C[C@@H]1C[C@@H](c2ccccc2Br)OC(=O)N1S(=O)(=O)c1ccc(C)cc1. The van der Waals surface area contributed by atoms with Crippen molar-refractivity contribution in [3.05, 3.63) is 76.8 Å². The van der Waals surface area contributed by atoms with Crippen LogP contribution < -0.4 is 0 Å². The summed E-state index contributed by atoms with van der Waals surface area (Å²) < 4.78 is 32.9. The van der Waals surface area contributed by atoms with Crippen LogP contribution in [-0.4, -0.2) is 24.9 Å². The van der Waals surface area contributed by atoms with Crippen LogP contribution in [0.5, 0.6) is 0 Å². The van der Waals surface area contributed by atoms with E-state index in [9.17, 15) is 13.2 Å². The minimum absolute atomic E-state index is 0.0474. The Morgan fingerprint density at radius 2 is 1.85 bits per heavy atom. The van der Waals surface area contributed by atoms with Crippen molar-refractivity contribution in [3.8, 4) is 0 Å². The van der Waals surface area contributed by atoms with Crippen molar-refractivity contribution in [3.63, 3.8) is 0 Å². The van der Waals surface area contributed by atoms with Crippen LogP contribution in [0.3, 0.4) is 0 Å². The Balaban J connectivity index is 1.95. The van der Waals surface area contributed by atoms with Gasteiger partial charge < -0.3 is 4.74 Å². The molecule has 26 heavy (non-hydrogen) atoms. The van der Waals surface area contributed by atoms with Crippen molar-refractivity contribution >= 4 is 32.0 Å². The van der Waals surface area contributed by atoms with Gasteiger partial charge in [0.15, 0.2) is 0 Å². The van der Waals surface area contributed by atoms with Gasteiger partial charge in [0.2, 0.25) is 0 Å². The molecule has 136 valence electrons. The maximum atomic E-state index is 13.0. The standard InChI is InChI=1S/C19H18BrNO4S/c1-3-14-12-18(16-6-4-5-7-17(16)20)25-19(22)21(14)26(23,24)15-10-8-13(2)9-11-15/h3-11,14,18H,1,12H2,2H3/t14-,18+/m1/s1.